The summed E-state index contributed by atoms with van der Waals surface area (Å²) in [6.45, 7) is 0. The van der Waals surface area contributed by atoms with Crippen molar-refractivity contribution < 1.29 is 47.7 Å². The molecule has 0 spiro atoms. The Labute approximate surface area is 204 Å². The van der Waals surface area contributed by atoms with Crippen LogP contribution in [0.2, 0.25) is 0 Å². The van der Waals surface area contributed by atoms with E-state index in [-0.39, 0.29) is 24.8 Å². The first kappa shape index (κ1) is 23.4. The Kier molecular flexibility index (Phi) is 8.49. The summed E-state index contributed by atoms with van der Waals surface area (Å²) in [4.78, 5) is 0. The molecule has 0 radical (unpaired) electrons. The van der Waals surface area contributed by atoms with Crippen molar-refractivity contribution in [1.82, 2.24) is 0 Å². The summed E-state index contributed by atoms with van der Waals surface area (Å²) < 4.78 is 2.40. The maximum Gasteiger partial charge on any atom is -1.00 e. The predicted octanol–water partition coefficient (Wildman–Crippen LogP) is 0.149. The molecule has 2 aliphatic rings. The van der Waals surface area contributed by atoms with Crippen molar-refractivity contribution in [3.05, 3.63) is 123 Å². The molecule has 0 nitrogen and oxygen atoms in total. The Balaban J connectivity index is 0.00000128. The maximum absolute atomic E-state index is 2.53. The average molecular weight is 614 g/mol. The molecule has 0 N–H and O–H groups in total. The van der Waals surface area contributed by atoms with Gasteiger partial charge in [0.05, 0.1) is 0 Å². The van der Waals surface area contributed by atoms with Crippen molar-refractivity contribution in [3.8, 4) is 0 Å². The number of benzene rings is 3. The zero-order valence-electron chi connectivity index (χ0n) is 16.4. The third kappa shape index (κ3) is 4.81. The molecule has 3 aromatic carbocycles. The third-order valence-electron chi connectivity index (χ3n) is 5.29. The van der Waals surface area contributed by atoms with E-state index in [0.717, 1.165) is 0 Å². The van der Waals surface area contributed by atoms with Crippen LogP contribution in [0.5, 0.6) is 0 Å². The molecule has 1 atom stereocenters. The van der Waals surface area contributed by atoms with Gasteiger partial charge >= 0.3 is 181 Å². The van der Waals surface area contributed by atoms with Crippen molar-refractivity contribution in [3.63, 3.8) is 0 Å². The Morgan fingerprint density at radius 2 is 1.33 bits per heavy atom. The monoisotopic (exact) mass is 614 g/mol. The molecule has 4 heteroatoms. The molecule has 0 saturated heterocycles. The van der Waals surface area contributed by atoms with Gasteiger partial charge in [-0.2, -0.15) is 0 Å². The number of fused-ring (bicyclic) bond motifs is 1. The standard InChI is InChI=1S/C21H16P.C5H5.2ClH.Hf/c1-3-11-19(12-4-1)22(20-13-5-2-6-14-20)21-15-17-9-7-8-10-18(17)16-21;1-2-4-5-3-1;;;/h1-16H;1-3H,4H2;2*1H;/q;;;;+2/p-2. The Bertz CT molecular complexity index is 1030. The average Bonchev–Trinajstić information content (AvgIpc) is 3.39. The quantitative estimate of drug-likeness (QED) is 0.284. The van der Waals surface area contributed by atoms with Crippen molar-refractivity contribution in [2.75, 3.05) is 0 Å². The number of allylic oxidation sites excluding steroid dienone is 5. The second-order valence-corrected chi connectivity index (χ2v) is 14.7. The van der Waals surface area contributed by atoms with Crippen LogP contribution in [0.1, 0.15) is 21.2 Å². The van der Waals surface area contributed by atoms with Gasteiger partial charge in [0.1, 0.15) is 0 Å². The first-order valence-electron chi connectivity index (χ1n) is 9.73. The van der Waals surface area contributed by atoms with E-state index in [1.165, 1.54) is 22.6 Å². The van der Waals surface area contributed by atoms with Crippen LogP contribution in [0.3, 0.4) is 0 Å². The molecule has 1 unspecified atom stereocenters. The summed E-state index contributed by atoms with van der Waals surface area (Å²) in [5.41, 5.74) is 3.02. The van der Waals surface area contributed by atoms with E-state index in [2.05, 4.69) is 109 Å². The Morgan fingerprint density at radius 3 is 1.93 bits per heavy atom. The molecule has 3 aromatic rings. The molecule has 0 fully saturated rings. The Hall–Kier alpha value is -1.24. The largest absolute Gasteiger partial charge is 1.00 e. The van der Waals surface area contributed by atoms with Gasteiger partial charge in [-0.25, -0.2) is 0 Å². The van der Waals surface area contributed by atoms with Crippen LogP contribution in [0, 0.1) is 0 Å². The molecular weight excluding hydrogens is 593 g/mol. The van der Waals surface area contributed by atoms with E-state index in [1.54, 1.807) is 14.2 Å². The summed E-state index contributed by atoms with van der Waals surface area (Å²) in [5, 5.41) is 4.61. The Morgan fingerprint density at radius 1 is 0.733 bits per heavy atom. The van der Waals surface area contributed by atoms with E-state index in [1.807, 2.05) is 0 Å². The van der Waals surface area contributed by atoms with Crippen molar-refractivity contribution in [2.24, 2.45) is 0 Å². The minimum atomic E-state index is -1.00. The zero-order chi connectivity index (χ0) is 18.8. The number of hydrogen-bond acceptors (Lipinski definition) is 0. The van der Waals surface area contributed by atoms with Crippen molar-refractivity contribution in [2.45, 2.75) is 10.1 Å². The first-order chi connectivity index (χ1) is 13.9. The van der Waals surface area contributed by atoms with Crippen molar-refractivity contribution in [1.29, 1.82) is 0 Å². The van der Waals surface area contributed by atoms with Crippen LogP contribution in [0.25, 0.3) is 6.08 Å². The second-order valence-electron chi connectivity index (χ2n) is 7.11. The van der Waals surface area contributed by atoms with Gasteiger partial charge in [0, 0.05) is 0 Å². The topological polar surface area (TPSA) is 0 Å². The molecule has 0 heterocycles. The van der Waals surface area contributed by atoms with E-state index in [0.29, 0.717) is 3.67 Å². The maximum atomic E-state index is 2.53. The van der Waals surface area contributed by atoms with Gasteiger partial charge in [-0.05, 0) is 0 Å². The summed E-state index contributed by atoms with van der Waals surface area (Å²) in [5.74, 6) is 0. The summed E-state index contributed by atoms with van der Waals surface area (Å²) in [6.07, 6.45) is 10.7. The molecule has 5 rings (SSSR count). The fourth-order valence-corrected chi connectivity index (χ4v) is 13.6. The zero-order valence-corrected chi connectivity index (χ0v) is 22.4. The summed E-state index contributed by atoms with van der Waals surface area (Å²) >= 11 is -1.00. The molecule has 0 aliphatic heterocycles. The van der Waals surface area contributed by atoms with Gasteiger partial charge in [0.2, 0.25) is 0 Å². The number of rotatable bonds is 5. The SMILES string of the molecule is C1=CC[C]([Hf+2][CH]2C(P(c3ccccc3)c3ccccc3)=Cc3ccccc32)=C1.[Cl-].[Cl-]. The van der Waals surface area contributed by atoms with Crippen LogP contribution in [-0.4, -0.2) is 0 Å². The van der Waals surface area contributed by atoms with Gasteiger partial charge in [-0.15, -0.1) is 0 Å². The molecule has 0 saturated carbocycles. The van der Waals surface area contributed by atoms with Crippen LogP contribution < -0.4 is 35.4 Å². The van der Waals surface area contributed by atoms with Gasteiger partial charge in [-0.3, -0.25) is 0 Å². The van der Waals surface area contributed by atoms with E-state index >= 15 is 0 Å². The fourth-order valence-electron chi connectivity index (χ4n) is 3.99. The predicted molar refractivity (Wildman–Crippen MR) is 118 cm³/mol. The third-order valence-corrected chi connectivity index (χ3v) is 14.6. The van der Waals surface area contributed by atoms with E-state index in [4.69, 9.17) is 0 Å². The van der Waals surface area contributed by atoms with E-state index in [9.17, 15) is 0 Å². The molecule has 148 valence electrons. The van der Waals surface area contributed by atoms with Crippen LogP contribution in [0.15, 0.2) is 112 Å². The normalized spacial score (nSPS) is 16.1. The van der Waals surface area contributed by atoms with Gasteiger partial charge in [-0.1, -0.05) is 0 Å². The van der Waals surface area contributed by atoms with Crippen molar-refractivity contribution >= 4 is 24.6 Å². The molecule has 0 bridgehead atoms. The number of hydrogen-bond donors (Lipinski definition) is 0. The minimum Gasteiger partial charge on any atom is -1.00 e. The van der Waals surface area contributed by atoms with Gasteiger partial charge in [0.15, 0.2) is 0 Å². The molecule has 2 aliphatic carbocycles. The number of halogens is 2. The van der Waals surface area contributed by atoms with Gasteiger partial charge < -0.3 is 24.8 Å². The summed E-state index contributed by atoms with van der Waals surface area (Å²) in [7, 11) is -0.496. The molecular formula is C26H21Cl2HfP. The first-order valence-corrected chi connectivity index (χ1v) is 14.9. The molecule has 30 heavy (non-hydrogen) atoms. The molecule has 0 amide bonds. The van der Waals surface area contributed by atoms with Crippen LogP contribution >= 0.6 is 7.92 Å². The minimum absolute atomic E-state index is 0. The molecule has 0 aromatic heterocycles. The van der Waals surface area contributed by atoms with E-state index < -0.39 is 30.8 Å². The summed E-state index contributed by atoms with van der Waals surface area (Å²) in [6, 6.07) is 31.4. The second kappa shape index (κ2) is 10.9. The fraction of sp³-hybridized carbons (Fsp3) is 0.0769. The van der Waals surface area contributed by atoms with Crippen LogP contribution in [0.4, 0.5) is 0 Å². The van der Waals surface area contributed by atoms with Crippen LogP contribution in [-0.2, 0) is 22.9 Å². The smallest absolute Gasteiger partial charge is 1.00 e. The van der Waals surface area contributed by atoms with Gasteiger partial charge in [0.25, 0.3) is 0 Å².